The van der Waals surface area contributed by atoms with E-state index < -0.39 is 0 Å². The van der Waals surface area contributed by atoms with E-state index in [0.717, 1.165) is 38.3 Å². The number of anilines is 3. The summed E-state index contributed by atoms with van der Waals surface area (Å²) in [6.45, 7) is 9.33. The number of aromatic nitrogens is 1. The van der Waals surface area contributed by atoms with Crippen molar-refractivity contribution in [2.75, 3.05) is 4.90 Å². The molecule has 0 aliphatic heterocycles. The van der Waals surface area contributed by atoms with Gasteiger partial charge in [0.1, 0.15) is 0 Å². The molecule has 2 aliphatic carbocycles. The zero-order chi connectivity index (χ0) is 35.5. The number of halogens is 2. The fraction of sp³-hybridized carbons (Fsp3) is 0.125. The highest BCUT2D eigenvalue weighted by Gasteiger charge is 2.37. The monoisotopic (exact) mass is 754 g/mol. The van der Waals surface area contributed by atoms with E-state index >= 15 is 0 Å². The summed E-state index contributed by atoms with van der Waals surface area (Å²) in [6, 6.07) is 53.3. The minimum atomic E-state index is -0.0880. The largest absolute Gasteiger partial charge is 0.309 e. The van der Waals surface area contributed by atoms with Crippen LogP contribution in [-0.4, -0.2) is 4.57 Å². The Morgan fingerprint density at radius 3 is 1.46 bits per heavy atom. The van der Waals surface area contributed by atoms with Gasteiger partial charge in [0, 0.05) is 43.1 Å². The molecule has 7 aromatic carbocycles. The second-order valence-electron chi connectivity index (χ2n) is 15.3. The average molecular weight is 756 g/mol. The van der Waals surface area contributed by atoms with Crippen LogP contribution in [0.25, 0.3) is 49.7 Å². The Bertz CT molecular complexity index is 2630. The number of benzene rings is 7. The predicted octanol–water partition coefficient (Wildman–Crippen LogP) is 14.3. The lowest BCUT2D eigenvalue weighted by molar-refractivity contribution is 0.660. The summed E-state index contributed by atoms with van der Waals surface area (Å²) in [5.74, 6) is 0. The van der Waals surface area contributed by atoms with Crippen molar-refractivity contribution < 1.29 is 0 Å². The molecule has 0 bridgehead atoms. The quantitative estimate of drug-likeness (QED) is 0.174. The second-order valence-corrected chi connectivity index (χ2v) is 16.5. The third kappa shape index (κ3) is 4.36. The summed E-state index contributed by atoms with van der Waals surface area (Å²) in [5.41, 5.74) is 16.7. The topological polar surface area (TPSA) is 8.17 Å². The van der Waals surface area contributed by atoms with E-state index in [-0.39, 0.29) is 10.8 Å². The van der Waals surface area contributed by atoms with Crippen LogP contribution in [0.2, 0.25) is 5.02 Å². The summed E-state index contributed by atoms with van der Waals surface area (Å²) in [5, 5.41) is 3.11. The van der Waals surface area contributed by atoms with Crippen molar-refractivity contribution in [3.05, 3.63) is 177 Å². The smallest absolute Gasteiger partial charge is 0.0790 e. The molecule has 52 heavy (non-hydrogen) atoms. The highest BCUT2D eigenvalue weighted by atomic mass is 79.9. The van der Waals surface area contributed by atoms with Gasteiger partial charge in [0.15, 0.2) is 0 Å². The molecule has 0 spiro atoms. The number of nitrogens with zero attached hydrogens (tertiary/aromatic N) is 2. The Morgan fingerprint density at radius 1 is 0.500 bits per heavy atom. The van der Waals surface area contributed by atoms with Crippen molar-refractivity contribution in [2.24, 2.45) is 0 Å². The summed E-state index contributed by atoms with van der Waals surface area (Å²) >= 11 is 11.4. The number of rotatable bonds is 4. The Labute approximate surface area is 318 Å². The van der Waals surface area contributed by atoms with Crippen molar-refractivity contribution in [1.82, 2.24) is 4.57 Å². The number of hydrogen-bond donors (Lipinski definition) is 0. The normalized spacial score (nSPS) is 14.7. The van der Waals surface area contributed by atoms with E-state index in [1.54, 1.807) is 0 Å². The van der Waals surface area contributed by atoms with Crippen molar-refractivity contribution in [2.45, 2.75) is 38.5 Å². The molecular formula is C48H36BrClN2. The molecular weight excluding hydrogens is 720 g/mol. The van der Waals surface area contributed by atoms with Gasteiger partial charge in [-0.3, -0.25) is 0 Å². The van der Waals surface area contributed by atoms with E-state index in [1.165, 1.54) is 55.3 Å². The molecule has 252 valence electrons. The first kappa shape index (κ1) is 31.6. The standard InChI is InChI=1S/C48H36BrClN2/c1-47(2)38-17-9-5-13-32(38)36-25-29(21-23-40(36)47)51(30-22-24-41-37(26-30)33-14-6-10-18-39(33)48(41,3)4)45-28-31(27-42(49)46(45)50)52-43-19-11-7-15-34(43)35-16-8-12-20-44(35)52/h5-28H,1-4H3. The van der Waals surface area contributed by atoms with E-state index in [9.17, 15) is 0 Å². The van der Waals surface area contributed by atoms with Gasteiger partial charge in [0.25, 0.3) is 0 Å². The van der Waals surface area contributed by atoms with E-state index in [2.05, 4.69) is 199 Å². The van der Waals surface area contributed by atoms with E-state index in [4.69, 9.17) is 11.6 Å². The predicted molar refractivity (Wildman–Crippen MR) is 223 cm³/mol. The molecule has 8 aromatic rings. The van der Waals surface area contributed by atoms with Crippen molar-refractivity contribution in [3.63, 3.8) is 0 Å². The molecule has 0 radical (unpaired) electrons. The minimum Gasteiger partial charge on any atom is -0.309 e. The lowest BCUT2D eigenvalue weighted by Crippen LogP contribution is -2.16. The number of para-hydroxylation sites is 2. The van der Waals surface area contributed by atoms with Gasteiger partial charge in [0.05, 0.1) is 21.7 Å². The fourth-order valence-electron chi connectivity index (χ4n) is 9.17. The summed E-state index contributed by atoms with van der Waals surface area (Å²) in [7, 11) is 0. The Kier molecular flexibility index (Phi) is 6.82. The number of fused-ring (bicyclic) bond motifs is 9. The maximum Gasteiger partial charge on any atom is 0.0790 e. The molecule has 0 saturated heterocycles. The van der Waals surface area contributed by atoms with Gasteiger partial charge in [-0.1, -0.05) is 136 Å². The third-order valence-corrected chi connectivity index (χ3v) is 13.0. The summed E-state index contributed by atoms with van der Waals surface area (Å²) in [6.07, 6.45) is 0. The van der Waals surface area contributed by atoms with Crippen LogP contribution < -0.4 is 4.90 Å². The lowest BCUT2D eigenvalue weighted by atomic mass is 9.82. The molecule has 0 amide bonds. The molecule has 10 rings (SSSR count). The van der Waals surface area contributed by atoms with Gasteiger partial charge >= 0.3 is 0 Å². The Morgan fingerprint density at radius 2 is 0.942 bits per heavy atom. The molecule has 2 aliphatic rings. The highest BCUT2D eigenvalue weighted by Crippen LogP contribution is 2.54. The lowest BCUT2D eigenvalue weighted by Gasteiger charge is -2.30. The summed E-state index contributed by atoms with van der Waals surface area (Å²) in [4.78, 5) is 2.35. The van der Waals surface area contributed by atoms with Gasteiger partial charge in [-0.2, -0.15) is 0 Å². The molecule has 0 fully saturated rings. The fourth-order valence-corrected chi connectivity index (χ4v) is 9.81. The van der Waals surface area contributed by atoms with Gasteiger partial charge < -0.3 is 9.47 Å². The molecule has 2 nitrogen and oxygen atoms in total. The van der Waals surface area contributed by atoms with Crippen molar-refractivity contribution >= 4 is 66.4 Å². The maximum absolute atomic E-state index is 7.45. The first-order valence-electron chi connectivity index (χ1n) is 17.9. The van der Waals surface area contributed by atoms with E-state index in [1.807, 2.05) is 0 Å². The van der Waals surface area contributed by atoms with Crippen molar-refractivity contribution in [3.8, 4) is 27.9 Å². The van der Waals surface area contributed by atoms with Crippen LogP contribution >= 0.6 is 27.5 Å². The molecule has 1 heterocycles. The van der Waals surface area contributed by atoms with Crippen molar-refractivity contribution in [1.29, 1.82) is 0 Å². The maximum atomic E-state index is 7.45. The second kappa shape index (κ2) is 11.2. The van der Waals surface area contributed by atoms with E-state index in [0.29, 0.717) is 5.02 Å². The van der Waals surface area contributed by atoms with Gasteiger partial charge in [0.2, 0.25) is 0 Å². The van der Waals surface area contributed by atoms with Gasteiger partial charge in [-0.05, 0) is 109 Å². The zero-order valence-corrected chi connectivity index (χ0v) is 31.8. The average Bonchev–Trinajstić information content (AvgIpc) is 3.70. The van der Waals surface area contributed by atoms with Crippen LogP contribution in [0, 0.1) is 0 Å². The molecule has 4 heteroatoms. The van der Waals surface area contributed by atoms with Gasteiger partial charge in [-0.15, -0.1) is 0 Å². The molecule has 0 atom stereocenters. The zero-order valence-electron chi connectivity index (χ0n) is 29.5. The minimum absolute atomic E-state index is 0.0880. The van der Waals surface area contributed by atoms with Crippen LogP contribution in [0.15, 0.2) is 150 Å². The van der Waals surface area contributed by atoms with Crippen LogP contribution in [0.4, 0.5) is 17.1 Å². The molecule has 0 N–H and O–H groups in total. The van der Waals surface area contributed by atoms with Crippen LogP contribution in [-0.2, 0) is 10.8 Å². The molecule has 1 aromatic heterocycles. The highest BCUT2D eigenvalue weighted by molar-refractivity contribution is 9.10. The van der Waals surface area contributed by atoms with Crippen LogP contribution in [0.3, 0.4) is 0 Å². The number of hydrogen-bond acceptors (Lipinski definition) is 1. The first-order valence-corrected chi connectivity index (χ1v) is 19.1. The summed E-state index contributed by atoms with van der Waals surface area (Å²) < 4.78 is 3.20. The first-order chi connectivity index (χ1) is 25.1. The third-order valence-electron chi connectivity index (χ3n) is 11.7. The molecule has 0 saturated carbocycles. The Balaban J connectivity index is 1.25. The van der Waals surface area contributed by atoms with Crippen LogP contribution in [0.1, 0.15) is 49.9 Å². The Hall–Kier alpha value is -5.09. The SMILES string of the molecule is CC1(C)c2ccccc2-c2cc(N(c3ccc4c(c3)-c3ccccc3C4(C)C)c3cc(-n4c5ccccc5c5ccccc54)cc(Br)c3Cl)ccc21. The molecule has 0 unspecified atom stereocenters. The van der Waals surface area contributed by atoms with Crippen LogP contribution in [0.5, 0.6) is 0 Å². The van der Waals surface area contributed by atoms with Gasteiger partial charge in [-0.25, -0.2) is 0 Å².